The summed E-state index contributed by atoms with van der Waals surface area (Å²) >= 11 is 1.51. The number of hydrogen-bond donors (Lipinski definition) is 1. The van der Waals surface area contributed by atoms with Crippen LogP contribution < -0.4 is 10.3 Å². The second-order valence-electron chi connectivity index (χ2n) is 9.30. The Morgan fingerprint density at radius 1 is 1.00 bits per heavy atom. The van der Waals surface area contributed by atoms with Crippen molar-refractivity contribution in [3.05, 3.63) is 105 Å². The van der Waals surface area contributed by atoms with E-state index < -0.39 is 12.0 Å². The van der Waals surface area contributed by atoms with E-state index in [0.717, 1.165) is 51.1 Å². The lowest BCUT2D eigenvalue weighted by Gasteiger charge is -2.16. The highest BCUT2D eigenvalue weighted by atomic mass is 32.2. The molecule has 0 amide bonds. The third-order valence-electron chi connectivity index (χ3n) is 6.82. The molecule has 0 radical (unpaired) electrons. The topological polar surface area (TPSA) is 68.5 Å². The largest absolute Gasteiger partial charge is 0.488 e. The minimum Gasteiger partial charge on any atom is -0.488 e. The minimum atomic E-state index is -0.938. The molecule has 1 aliphatic carbocycles. The van der Waals surface area contributed by atoms with Gasteiger partial charge in [-0.3, -0.25) is 9.36 Å². The van der Waals surface area contributed by atoms with Crippen molar-refractivity contribution in [2.75, 3.05) is 5.75 Å². The van der Waals surface area contributed by atoms with Crippen LogP contribution in [0.2, 0.25) is 0 Å². The van der Waals surface area contributed by atoms with Crippen LogP contribution in [-0.4, -0.2) is 21.4 Å². The van der Waals surface area contributed by atoms with Crippen LogP contribution in [0.25, 0.3) is 10.8 Å². The van der Waals surface area contributed by atoms with Crippen molar-refractivity contribution >= 4 is 28.5 Å². The first-order chi connectivity index (χ1) is 17.1. The number of thioether (sulfide) groups is 1. The van der Waals surface area contributed by atoms with E-state index in [1.165, 1.54) is 21.9 Å². The van der Waals surface area contributed by atoms with E-state index in [1.807, 2.05) is 30.3 Å². The number of rotatable bonds is 7. The molecular weight excluding hydrogens is 458 g/mol. The monoisotopic (exact) mass is 483 g/mol. The molecular formula is C29H25NO4S. The second kappa shape index (κ2) is 8.93. The number of pyridine rings is 1. The normalized spacial score (nSPS) is 16.9. The van der Waals surface area contributed by atoms with E-state index in [-0.39, 0.29) is 5.56 Å². The molecule has 1 atom stereocenters. The molecule has 0 spiro atoms. The Morgan fingerprint density at radius 2 is 1.77 bits per heavy atom. The summed E-state index contributed by atoms with van der Waals surface area (Å²) in [6.45, 7) is 0.459. The summed E-state index contributed by atoms with van der Waals surface area (Å²) in [5.41, 5.74) is 4.17. The van der Waals surface area contributed by atoms with E-state index in [2.05, 4.69) is 36.4 Å². The SMILES string of the molecule is O=C(O)[C@@H]1CSc2c(C3CC3)c(Cc3cccc(COc4cccc5ccccc45)c3)cc(=O)n21. The summed E-state index contributed by atoms with van der Waals surface area (Å²) in [5, 5.41) is 12.7. The number of carbonyl (C=O) groups is 1. The van der Waals surface area contributed by atoms with Gasteiger partial charge in [0.15, 0.2) is 0 Å². The smallest absolute Gasteiger partial charge is 0.327 e. The number of ether oxygens (including phenoxy) is 1. The Labute approximate surface area is 207 Å². The van der Waals surface area contributed by atoms with Crippen molar-refractivity contribution in [1.82, 2.24) is 4.57 Å². The van der Waals surface area contributed by atoms with Crippen LogP contribution in [0.4, 0.5) is 0 Å². The highest BCUT2D eigenvalue weighted by Gasteiger charge is 2.37. The number of hydrogen-bond acceptors (Lipinski definition) is 4. The van der Waals surface area contributed by atoms with Gasteiger partial charge in [-0.1, -0.05) is 60.7 Å². The summed E-state index contributed by atoms with van der Waals surface area (Å²) in [6.07, 6.45) is 2.83. The number of carboxylic acids is 1. The van der Waals surface area contributed by atoms with Gasteiger partial charge in [0.1, 0.15) is 18.4 Å². The van der Waals surface area contributed by atoms with E-state index in [1.54, 1.807) is 6.07 Å². The van der Waals surface area contributed by atoms with Crippen molar-refractivity contribution in [2.24, 2.45) is 0 Å². The fraction of sp³-hybridized carbons (Fsp3) is 0.241. The molecule has 1 aliphatic heterocycles. The summed E-state index contributed by atoms with van der Waals surface area (Å²) in [4.78, 5) is 24.6. The van der Waals surface area contributed by atoms with Crippen LogP contribution in [-0.2, 0) is 17.8 Å². The van der Waals surface area contributed by atoms with Gasteiger partial charge in [-0.15, -0.1) is 11.8 Å². The third kappa shape index (κ3) is 4.23. The lowest BCUT2D eigenvalue weighted by Crippen LogP contribution is -2.29. The molecule has 35 heavy (non-hydrogen) atoms. The number of benzene rings is 3. The van der Waals surface area contributed by atoms with Gasteiger partial charge < -0.3 is 9.84 Å². The van der Waals surface area contributed by atoms with Crippen LogP contribution >= 0.6 is 11.8 Å². The second-order valence-corrected chi connectivity index (χ2v) is 10.3. The maximum absolute atomic E-state index is 12.9. The zero-order chi connectivity index (χ0) is 23.9. The molecule has 6 heteroatoms. The molecule has 4 aromatic rings. The average molecular weight is 484 g/mol. The van der Waals surface area contributed by atoms with E-state index in [9.17, 15) is 14.7 Å². The maximum atomic E-state index is 12.9. The lowest BCUT2D eigenvalue weighted by atomic mass is 9.97. The Bertz CT molecular complexity index is 1500. The number of carboxylic acid groups (broad SMARTS) is 1. The Kier molecular flexibility index (Phi) is 5.61. The van der Waals surface area contributed by atoms with Crippen LogP contribution in [0.15, 0.2) is 82.6 Å². The lowest BCUT2D eigenvalue weighted by molar-refractivity contribution is -0.140. The molecule has 0 saturated heterocycles. The first kappa shape index (κ1) is 22.0. The van der Waals surface area contributed by atoms with Gasteiger partial charge in [-0.25, -0.2) is 4.79 Å². The highest BCUT2D eigenvalue weighted by molar-refractivity contribution is 7.99. The quantitative estimate of drug-likeness (QED) is 0.361. The number of fused-ring (bicyclic) bond motifs is 2. The highest BCUT2D eigenvalue weighted by Crippen LogP contribution is 2.48. The van der Waals surface area contributed by atoms with Gasteiger partial charge in [-0.05, 0) is 58.9 Å². The van der Waals surface area contributed by atoms with Gasteiger partial charge in [0.2, 0.25) is 0 Å². The molecule has 0 bridgehead atoms. The minimum absolute atomic E-state index is 0.216. The average Bonchev–Trinajstić information content (AvgIpc) is 3.59. The molecule has 1 aromatic heterocycles. The predicted molar refractivity (Wildman–Crippen MR) is 138 cm³/mol. The molecule has 2 heterocycles. The van der Waals surface area contributed by atoms with Crippen molar-refractivity contribution in [3.63, 3.8) is 0 Å². The van der Waals surface area contributed by atoms with Gasteiger partial charge in [0.25, 0.3) is 5.56 Å². The summed E-state index contributed by atoms with van der Waals surface area (Å²) in [6, 6.07) is 23.5. The third-order valence-corrected chi connectivity index (χ3v) is 7.99. The van der Waals surface area contributed by atoms with Crippen molar-refractivity contribution in [1.29, 1.82) is 0 Å². The fourth-order valence-corrected chi connectivity index (χ4v) is 6.42. The molecule has 0 unspecified atom stereocenters. The van der Waals surface area contributed by atoms with Gasteiger partial charge >= 0.3 is 5.97 Å². The van der Waals surface area contributed by atoms with E-state index in [0.29, 0.717) is 24.7 Å². The van der Waals surface area contributed by atoms with Crippen LogP contribution in [0, 0.1) is 0 Å². The summed E-state index contributed by atoms with van der Waals surface area (Å²) < 4.78 is 7.68. The molecule has 1 N–H and O–H groups in total. The number of nitrogens with zero attached hydrogens (tertiary/aromatic N) is 1. The fourth-order valence-electron chi connectivity index (χ4n) is 5.01. The Balaban J connectivity index is 1.27. The van der Waals surface area contributed by atoms with Gasteiger partial charge in [0.05, 0.1) is 5.03 Å². The zero-order valence-electron chi connectivity index (χ0n) is 19.1. The standard InChI is InChI=1S/C29H25NO4S/c31-26-15-22(27(21-11-12-21)28-30(26)24(17-35-28)29(32)33)14-18-5-3-6-19(13-18)16-34-25-10-4-8-20-7-1-2-9-23(20)25/h1-10,13,15,21,24H,11-12,14,16-17H2,(H,32,33)/t24-/m0/s1. The molecule has 1 saturated carbocycles. The first-order valence-electron chi connectivity index (χ1n) is 11.9. The molecule has 6 rings (SSSR count). The number of aromatic nitrogens is 1. The van der Waals surface area contributed by atoms with Gasteiger partial charge in [-0.2, -0.15) is 0 Å². The molecule has 176 valence electrons. The Morgan fingerprint density at radius 3 is 2.60 bits per heavy atom. The first-order valence-corrected chi connectivity index (χ1v) is 12.9. The van der Waals surface area contributed by atoms with Crippen LogP contribution in [0.1, 0.15) is 47.1 Å². The predicted octanol–water partition coefficient (Wildman–Crippen LogP) is 5.78. The molecule has 5 nitrogen and oxygen atoms in total. The van der Waals surface area contributed by atoms with Crippen molar-refractivity contribution in [3.8, 4) is 5.75 Å². The van der Waals surface area contributed by atoms with Crippen molar-refractivity contribution < 1.29 is 14.6 Å². The summed E-state index contributed by atoms with van der Waals surface area (Å²) in [5.74, 6) is 0.757. The molecule has 3 aromatic carbocycles. The molecule has 1 fully saturated rings. The van der Waals surface area contributed by atoms with Crippen molar-refractivity contribution in [2.45, 2.75) is 42.9 Å². The molecule has 2 aliphatic rings. The van der Waals surface area contributed by atoms with E-state index >= 15 is 0 Å². The summed E-state index contributed by atoms with van der Waals surface area (Å²) in [7, 11) is 0. The van der Waals surface area contributed by atoms with Crippen LogP contribution in [0.5, 0.6) is 5.75 Å². The number of aliphatic carboxylic acids is 1. The zero-order valence-corrected chi connectivity index (χ0v) is 20.0. The van der Waals surface area contributed by atoms with Gasteiger partial charge in [0, 0.05) is 17.2 Å². The Hall–Kier alpha value is -3.51. The van der Waals surface area contributed by atoms with E-state index in [4.69, 9.17) is 4.74 Å². The van der Waals surface area contributed by atoms with Crippen LogP contribution in [0.3, 0.4) is 0 Å². The maximum Gasteiger partial charge on any atom is 0.327 e.